The van der Waals surface area contributed by atoms with Crippen LogP contribution in [-0.2, 0) is 0 Å². The highest BCUT2D eigenvalue weighted by Gasteiger charge is 2.19. The molecule has 0 aromatic heterocycles. The van der Waals surface area contributed by atoms with Crippen molar-refractivity contribution in [2.45, 2.75) is 24.6 Å². The van der Waals surface area contributed by atoms with Gasteiger partial charge in [-0.15, -0.1) is 0 Å². The summed E-state index contributed by atoms with van der Waals surface area (Å²) < 4.78 is 39.2. The Kier molecular flexibility index (Phi) is 5.65. The van der Waals surface area contributed by atoms with Gasteiger partial charge in [-0.3, -0.25) is 4.79 Å². The smallest absolute Gasteiger partial charge is 0.257 e. The SMILES string of the molecule is CCCC(Br)CNC(=O)c1c(F)cc(F)cc1F. The van der Waals surface area contributed by atoms with Gasteiger partial charge < -0.3 is 5.32 Å². The number of hydrogen-bond acceptors (Lipinski definition) is 1. The van der Waals surface area contributed by atoms with Crippen LogP contribution in [0.15, 0.2) is 12.1 Å². The summed E-state index contributed by atoms with van der Waals surface area (Å²) in [5, 5.41) is 2.40. The molecule has 1 atom stereocenters. The molecular formula is C12H13BrF3NO. The molecular weight excluding hydrogens is 311 g/mol. The second kappa shape index (κ2) is 6.78. The van der Waals surface area contributed by atoms with Gasteiger partial charge in [-0.25, -0.2) is 13.2 Å². The van der Waals surface area contributed by atoms with Crippen LogP contribution in [0.4, 0.5) is 13.2 Å². The van der Waals surface area contributed by atoms with Crippen molar-refractivity contribution in [2.75, 3.05) is 6.54 Å². The van der Waals surface area contributed by atoms with Crippen LogP contribution in [0.25, 0.3) is 0 Å². The van der Waals surface area contributed by atoms with Crippen molar-refractivity contribution >= 4 is 21.8 Å². The van der Waals surface area contributed by atoms with Gasteiger partial charge in [0.2, 0.25) is 0 Å². The normalized spacial score (nSPS) is 12.3. The highest BCUT2D eigenvalue weighted by molar-refractivity contribution is 9.09. The first-order valence-corrected chi connectivity index (χ1v) is 6.44. The predicted octanol–water partition coefficient (Wildman–Crippen LogP) is 3.40. The van der Waals surface area contributed by atoms with Crippen molar-refractivity contribution in [1.29, 1.82) is 0 Å². The summed E-state index contributed by atoms with van der Waals surface area (Å²) in [5.74, 6) is -4.34. The Labute approximate surface area is 112 Å². The summed E-state index contributed by atoms with van der Waals surface area (Å²) in [6.45, 7) is 2.23. The fraction of sp³-hybridized carbons (Fsp3) is 0.417. The van der Waals surface area contributed by atoms with E-state index in [4.69, 9.17) is 0 Å². The van der Waals surface area contributed by atoms with Crippen molar-refractivity contribution in [3.05, 3.63) is 35.1 Å². The molecule has 1 rings (SSSR count). The number of alkyl halides is 1. The minimum absolute atomic E-state index is 0.0398. The molecule has 0 fully saturated rings. The minimum atomic E-state index is -1.20. The van der Waals surface area contributed by atoms with Crippen LogP contribution in [0, 0.1) is 17.5 Å². The molecule has 1 N–H and O–H groups in total. The Morgan fingerprint density at radius 2 is 1.89 bits per heavy atom. The van der Waals surface area contributed by atoms with Gasteiger partial charge in [-0.05, 0) is 6.42 Å². The molecule has 0 bridgehead atoms. The molecule has 100 valence electrons. The van der Waals surface area contributed by atoms with E-state index in [0.717, 1.165) is 12.8 Å². The zero-order valence-electron chi connectivity index (χ0n) is 9.77. The molecule has 0 aliphatic carbocycles. The molecule has 18 heavy (non-hydrogen) atoms. The number of benzene rings is 1. The molecule has 0 radical (unpaired) electrons. The average Bonchev–Trinajstić information content (AvgIpc) is 2.25. The molecule has 0 saturated carbocycles. The van der Waals surface area contributed by atoms with Crippen molar-refractivity contribution in [2.24, 2.45) is 0 Å². The molecule has 1 amide bonds. The third-order valence-electron chi connectivity index (χ3n) is 2.32. The molecule has 0 aliphatic heterocycles. The Balaban J connectivity index is 2.73. The molecule has 0 aliphatic rings. The zero-order chi connectivity index (χ0) is 13.7. The molecule has 0 spiro atoms. The second-order valence-corrected chi connectivity index (χ2v) is 5.14. The number of amides is 1. The van der Waals surface area contributed by atoms with E-state index in [1.54, 1.807) is 0 Å². The molecule has 1 aromatic rings. The van der Waals surface area contributed by atoms with Gasteiger partial charge in [0.1, 0.15) is 23.0 Å². The van der Waals surface area contributed by atoms with Gasteiger partial charge in [0.05, 0.1) is 0 Å². The van der Waals surface area contributed by atoms with E-state index < -0.39 is 28.9 Å². The maximum atomic E-state index is 13.3. The maximum absolute atomic E-state index is 13.3. The lowest BCUT2D eigenvalue weighted by Gasteiger charge is -2.11. The van der Waals surface area contributed by atoms with Gasteiger partial charge in [0, 0.05) is 23.5 Å². The van der Waals surface area contributed by atoms with E-state index >= 15 is 0 Å². The van der Waals surface area contributed by atoms with Crippen molar-refractivity contribution in [3.8, 4) is 0 Å². The number of nitrogens with one attached hydrogen (secondary N) is 1. The summed E-state index contributed by atoms with van der Waals surface area (Å²) in [4.78, 5) is 11.6. The lowest BCUT2D eigenvalue weighted by atomic mass is 10.1. The third-order valence-corrected chi connectivity index (χ3v) is 3.10. The lowest BCUT2D eigenvalue weighted by molar-refractivity contribution is 0.0945. The molecule has 1 aromatic carbocycles. The molecule has 0 saturated heterocycles. The summed E-state index contributed by atoms with van der Waals surface area (Å²) in [5.41, 5.74) is -0.757. The minimum Gasteiger partial charge on any atom is -0.351 e. The predicted molar refractivity (Wildman–Crippen MR) is 66.3 cm³/mol. The summed E-state index contributed by atoms with van der Waals surface area (Å²) >= 11 is 3.33. The highest BCUT2D eigenvalue weighted by Crippen LogP contribution is 2.15. The Morgan fingerprint density at radius 1 is 1.33 bits per heavy atom. The van der Waals surface area contributed by atoms with Gasteiger partial charge in [-0.1, -0.05) is 29.3 Å². The first-order chi connectivity index (χ1) is 8.45. The van der Waals surface area contributed by atoms with E-state index in [1.165, 1.54) is 0 Å². The van der Waals surface area contributed by atoms with Crippen LogP contribution in [0.5, 0.6) is 0 Å². The number of rotatable bonds is 5. The van der Waals surface area contributed by atoms with Crippen molar-refractivity contribution < 1.29 is 18.0 Å². The Bertz CT molecular complexity index is 416. The Morgan fingerprint density at radius 3 is 2.39 bits per heavy atom. The number of carbonyl (C=O) groups is 1. The quantitative estimate of drug-likeness (QED) is 0.827. The Hall–Kier alpha value is -1.04. The highest BCUT2D eigenvalue weighted by atomic mass is 79.9. The number of halogens is 4. The molecule has 6 heteroatoms. The fourth-order valence-corrected chi connectivity index (χ4v) is 2.09. The van der Waals surface area contributed by atoms with Crippen LogP contribution in [0.3, 0.4) is 0 Å². The monoisotopic (exact) mass is 323 g/mol. The number of carbonyl (C=O) groups excluding carboxylic acids is 1. The van der Waals surface area contributed by atoms with Crippen molar-refractivity contribution in [1.82, 2.24) is 5.32 Å². The second-order valence-electron chi connectivity index (χ2n) is 3.84. The van der Waals surface area contributed by atoms with E-state index in [0.29, 0.717) is 12.1 Å². The maximum Gasteiger partial charge on any atom is 0.257 e. The van der Waals surface area contributed by atoms with Gasteiger partial charge >= 0.3 is 0 Å². The van der Waals surface area contributed by atoms with Crippen molar-refractivity contribution in [3.63, 3.8) is 0 Å². The van der Waals surface area contributed by atoms with Crippen LogP contribution >= 0.6 is 15.9 Å². The third kappa shape index (κ3) is 4.01. The van der Waals surface area contributed by atoms with Crippen LogP contribution in [0.1, 0.15) is 30.1 Å². The van der Waals surface area contributed by atoms with Crippen LogP contribution in [0.2, 0.25) is 0 Å². The van der Waals surface area contributed by atoms with Crippen LogP contribution < -0.4 is 5.32 Å². The molecule has 2 nitrogen and oxygen atoms in total. The molecule has 1 unspecified atom stereocenters. The van der Waals surface area contributed by atoms with E-state index in [1.807, 2.05) is 6.92 Å². The van der Waals surface area contributed by atoms with E-state index in [-0.39, 0.29) is 11.4 Å². The summed E-state index contributed by atoms with van der Waals surface area (Å²) in [6.07, 6.45) is 1.75. The summed E-state index contributed by atoms with van der Waals surface area (Å²) in [7, 11) is 0. The first-order valence-electron chi connectivity index (χ1n) is 5.52. The van der Waals surface area contributed by atoms with Gasteiger partial charge in [0.15, 0.2) is 0 Å². The van der Waals surface area contributed by atoms with E-state index in [9.17, 15) is 18.0 Å². The standard InChI is InChI=1S/C12H13BrF3NO/c1-2-3-7(13)6-17-12(18)11-9(15)4-8(14)5-10(11)16/h4-5,7H,2-3,6H2,1H3,(H,17,18). The average molecular weight is 324 g/mol. The zero-order valence-corrected chi connectivity index (χ0v) is 11.4. The van der Waals surface area contributed by atoms with E-state index in [2.05, 4.69) is 21.2 Å². The lowest BCUT2D eigenvalue weighted by Crippen LogP contribution is -2.31. The molecule has 0 heterocycles. The summed E-state index contributed by atoms with van der Waals surface area (Å²) in [6, 6.07) is 0.964. The van der Waals surface area contributed by atoms with Crippen LogP contribution in [-0.4, -0.2) is 17.3 Å². The van der Waals surface area contributed by atoms with Gasteiger partial charge in [0.25, 0.3) is 5.91 Å². The number of hydrogen-bond donors (Lipinski definition) is 1. The first kappa shape index (κ1) is 15.0. The topological polar surface area (TPSA) is 29.1 Å². The fourth-order valence-electron chi connectivity index (χ4n) is 1.47. The largest absolute Gasteiger partial charge is 0.351 e. The van der Waals surface area contributed by atoms with Gasteiger partial charge in [-0.2, -0.15) is 0 Å².